The average molecular weight is 285 g/mol. The Morgan fingerprint density at radius 2 is 2.11 bits per heavy atom. The van der Waals surface area contributed by atoms with E-state index in [0.717, 1.165) is 25.9 Å². The molecule has 19 heavy (non-hydrogen) atoms. The molecule has 0 saturated carbocycles. The van der Waals surface area contributed by atoms with Crippen molar-refractivity contribution in [3.05, 3.63) is 34.6 Å². The Morgan fingerprint density at radius 1 is 1.42 bits per heavy atom. The molecule has 1 saturated heterocycles. The summed E-state index contributed by atoms with van der Waals surface area (Å²) in [6, 6.07) is 4.71. The molecule has 0 amide bonds. The Bertz CT molecular complexity index is 439. The van der Waals surface area contributed by atoms with Gasteiger partial charge in [0.15, 0.2) is 5.78 Å². The van der Waals surface area contributed by atoms with E-state index in [1.54, 1.807) is 6.07 Å². The van der Waals surface area contributed by atoms with Crippen LogP contribution in [0.25, 0.3) is 0 Å². The Hall–Kier alpha value is -0.970. The van der Waals surface area contributed by atoms with E-state index in [-0.39, 0.29) is 18.2 Å². The number of ketones is 1. The lowest BCUT2D eigenvalue weighted by Gasteiger charge is -2.29. The molecule has 0 spiro atoms. The number of benzene rings is 1. The van der Waals surface area contributed by atoms with Gasteiger partial charge in [-0.15, -0.1) is 0 Å². The van der Waals surface area contributed by atoms with Crippen LogP contribution in [0.4, 0.5) is 4.39 Å². The molecule has 0 aliphatic carbocycles. The maximum atomic E-state index is 13.6. The fourth-order valence-corrected chi connectivity index (χ4v) is 2.54. The van der Waals surface area contributed by atoms with Crippen LogP contribution in [0.5, 0.6) is 0 Å². The van der Waals surface area contributed by atoms with Crippen molar-refractivity contribution in [1.82, 2.24) is 4.90 Å². The smallest absolute Gasteiger partial charge is 0.151 e. The highest BCUT2D eigenvalue weighted by atomic mass is 35.5. The Morgan fingerprint density at radius 3 is 2.74 bits per heavy atom. The number of piperidine rings is 1. The van der Waals surface area contributed by atoms with Crippen LogP contribution in [0, 0.1) is 5.82 Å². The van der Waals surface area contributed by atoms with Crippen LogP contribution in [0.15, 0.2) is 18.2 Å². The minimum atomic E-state index is -0.415. The van der Waals surface area contributed by atoms with Gasteiger partial charge in [0, 0.05) is 36.1 Å². The van der Waals surface area contributed by atoms with Crippen molar-refractivity contribution in [2.75, 3.05) is 19.6 Å². The number of hydrogen-bond donors (Lipinski definition) is 1. The minimum absolute atomic E-state index is 0.0116. The van der Waals surface area contributed by atoms with E-state index in [1.807, 2.05) is 0 Å². The predicted octanol–water partition coefficient (Wildman–Crippen LogP) is 2.01. The van der Waals surface area contributed by atoms with Gasteiger partial charge in [0.2, 0.25) is 0 Å². The quantitative estimate of drug-likeness (QED) is 0.920. The summed E-state index contributed by atoms with van der Waals surface area (Å²) in [5, 5.41) is 0.314. The van der Waals surface area contributed by atoms with Crippen molar-refractivity contribution in [2.45, 2.75) is 25.3 Å². The minimum Gasteiger partial charge on any atom is -0.328 e. The SMILES string of the molecule is NC1CCN(CC(=O)Cc2c(F)cccc2Cl)CC1. The summed E-state index contributed by atoms with van der Waals surface area (Å²) in [7, 11) is 0. The van der Waals surface area contributed by atoms with Gasteiger partial charge in [-0.2, -0.15) is 0 Å². The second kappa shape index (κ2) is 6.46. The molecule has 0 atom stereocenters. The molecule has 1 aromatic carbocycles. The van der Waals surface area contributed by atoms with E-state index < -0.39 is 5.82 Å². The molecule has 1 aliphatic heterocycles. The fourth-order valence-electron chi connectivity index (χ4n) is 2.31. The molecule has 104 valence electrons. The van der Waals surface area contributed by atoms with Crippen LogP contribution in [0.3, 0.4) is 0 Å². The summed E-state index contributed by atoms with van der Waals surface area (Å²) in [5.74, 6) is -0.427. The van der Waals surface area contributed by atoms with Gasteiger partial charge in [-0.25, -0.2) is 4.39 Å². The lowest BCUT2D eigenvalue weighted by Crippen LogP contribution is -2.42. The third kappa shape index (κ3) is 4.00. The first-order chi connectivity index (χ1) is 9.06. The van der Waals surface area contributed by atoms with Crippen molar-refractivity contribution < 1.29 is 9.18 Å². The molecular formula is C14H18ClFN2O. The van der Waals surface area contributed by atoms with E-state index in [2.05, 4.69) is 4.90 Å². The highest BCUT2D eigenvalue weighted by Gasteiger charge is 2.19. The zero-order valence-corrected chi connectivity index (χ0v) is 11.5. The van der Waals surface area contributed by atoms with E-state index in [9.17, 15) is 9.18 Å². The number of carbonyl (C=O) groups excluding carboxylic acids is 1. The number of carbonyl (C=O) groups is 1. The molecule has 1 aliphatic rings. The van der Waals surface area contributed by atoms with E-state index in [4.69, 9.17) is 17.3 Å². The first-order valence-electron chi connectivity index (χ1n) is 6.49. The summed E-state index contributed by atoms with van der Waals surface area (Å²) < 4.78 is 13.6. The Kier molecular flexibility index (Phi) is 4.91. The molecule has 5 heteroatoms. The topological polar surface area (TPSA) is 46.3 Å². The second-order valence-electron chi connectivity index (χ2n) is 5.03. The van der Waals surface area contributed by atoms with Gasteiger partial charge < -0.3 is 5.73 Å². The van der Waals surface area contributed by atoms with Gasteiger partial charge in [0.05, 0.1) is 6.54 Å². The van der Waals surface area contributed by atoms with E-state index >= 15 is 0 Å². The monoisotopic (exact) mass is 284 g/mol. The second-order valence-corrected chi connectivity index (χ2v) is 5.44. The molecule has 0 radical (unpaired) electrons. The number of Topliss-reactive ketones (excluding diaryl/α,β-unsaturated/α-hetero) is 1. The number of nitrogens with zero attached hydrogens (tertiary/aromatic N) is 1. The van der Waals surface area contributed by atoms with Crippen molar-refractivity contribution in [1.29, 1.82) is 0 Å². The molecule has 1 heterocycles. The summed E-state index contributed by atoms with van der Waals surface area (Å²) in [5.41, 5.74) is 6.11. The van der Waals surface area contributed by atoms with Crippen LogP contribution < -0.4 is 5.73 Å². The predicted molar refractivity (Wildman–Crippen MR) is 73.8 cm³/mol. The van der Waals surface area contributed by atoms with Crippen LogP contribution in [-0.4, -0.2) is 36.4 Å². The molecule has 2 N–H and O–H groups in total. The Labute approximate surface area is 117 Å². The number of likely N-dealkylation sites (tertiary alicyclic amines) is 1. The van der Waals surface area contributed by atoms with Gasteiger partial charge in [0.25, 0.3) is 0 Å². The zero-order valence-electron chi connectivity index (χ0n) is 10.7. The van der Waals surface area contributed by atoms with Gasteiger partial charge in [-0.3, -0.25) is 9.69 Å². The molecule has 2 rings (SSSR count). The van der Waals surface area contributed by atoms with E-state index in [0.29, 0.717) is 17.1 Å². The third-order valence-corrected chi connectivity index (χ3v) is 3.82. The maximum Gasteiger partial charge on any atom is 0.151 e. The summed E-state index contributed by atoms with van der Waals surface area (Å²) in [4.78, 5) is 14.0. The van der Waals surface area contributed by atoms with Gasteiger partial charge in [0.1, 0.15) is 5.82 Å². The first kappa shape index (κ1) is 14.4. The number of rotatable bonds is 4. The van der Waals surface area contributed by atoms with Crippen molar-refractivity contribution in [3.8, 4) is 0 Å². The molecular weight excluding hydrogens is 267 g/mol. The molecule has 0 unspecified atom stereocenters. The lowest BCUT2D eigenvalue weighted by atomic mass is 10.0. The van der Waals surface area contributed by atoms with Crippen LogP contribution in [0.2, 0.25) is 5.02 Å². The first-order valence-corrected chi connectivity index (χ1v) is 6.86. The average Bonchev–Trinajstić information content (AvgIpc) is 2.37. The summed E-state index contributed by atoms with van der Waals surface area (Å²) in [6.07, 6.45) is 1.87. The van der Waals surface area contributed by atoms with Crippen molar-refractivity contribution >= 4 is 17.4 Å². The highest BCUT2D eigenvalue weighted by Crippen LogP contribution is 2.20. The zero-order chi connectivity index (χ0) is 13.8. The molecule has 3 nitrogen and oxygen atoms in total. The van der Waals surface area contributed by atoms with E-state index in [1.165, 1.54) is 12.1 Å². The molecule has 1 fully saturated rings. The maximum absolute atomic E-state index is 13.6. The molecule has 1 aromatic rings. The molecule has 0 aromatic heterocycles. The van der Waals surface area contributed by atoms with Gasteiger partial charge in [-0.05, 0) is 25.0 Å². The number of hydrogen-bond acceptors (Lipinski definition) is 3. The van der Waals surface area contributed by atoms with Gasteiger partial charge >= 0.3 is 0 Å². The fraction of sp³-hybridized carbons (Fsp3) is 0.500. The van der Waals surface area contributed by atoms with Crippen molar-refractivity contribution in [2.24, 2.45) is 5.73 Å². The van der Waals surface area contributed by atoms with Crippen LogP contribution in [0.1, 0.15) is 18.4 Å². The molecule has 0 bridgehead atoms. The largest absolute Gasteiger partial charge is 0.328 e. The standard InChI is InChI=1S/C14H18ClFN2O/c15-13-2-1-3-14(16)12(13)8-11(19)9-18-6-4-10(17)5-7-18/h1-3,10H,4-9,17H2. The van der Waals surface area contributed by atoms with Crippen molar-refractivity contribution in [3.63, 3.8) is 0 Å². The summed E-state index contributed by atoms with van der Waals surface area (Å²) in [6.45, 7) is 2.01. The normalized spacial score (nSPS) is 17.6. The highest BCUT2D eigenvalue weighted by molar-refractivity contribution is 6.31. The van der Waals surface area contributed by atoms with Crippen LogP contribution >= 0.6 is 11.6 Å². The van der Waals surface area contributed by atoms with Crippen LogP contribution in [-0.2, 0) is 11.2 Å². The van der Waals surface area contributed by atoms with Gasteiger partial charge in [-0.1, -0.05) is 17.7 Å². The number of nitrogens with two attached hydrogens (primary N) is 1. The third-order valence-electron chi connectivity index (χ3n) is 3.47. The lowest BCUT2D eigenvalue weighted by molar-refractivity contribution is -0.119. The Balaban J connectivity index is 1.91. The number of halogens is 2. The summed E-state index contributed by atoms with van der Waals surface area (Å²) >= 11 is 5.91.